The van der Waals surface area contributed by atoms with E-state index in [4.69, 9.17) is 5.73 Å². The quantitative estimate of drug-likeness (QED) is 0.768. The summed E-state index contributed by atoms with van der Waals surface area (Å²) < 4.78 is 25.6. The number of nitrogens with zero attached hydrogens (tertiary/aromatic N) is 2. The summed E-state index contributed by atoms with van der Waals surface area (Å²) in [6, 6.07) is 0.0296. The SMILES string of the molecule is CC(N)C1CCN(S(=O)(=O)c2cnc[nH]2)C1. The van der Waals surface area contributed by atoms with Gasteiger partial charge in [0.1, 0.15) is 0 Å². The monoisotopic (exact) mass is 244 g/mol. The zero-order valence-corrected chi connectivity index (χ0v) is 9.94. The molecule has 3 N–H and O–H groups in total. The molecule has 0 aliphatic carbocycles. The Morgan fingerprint density at radius 3 is 2.94 bits per heavy atom. The second kappa shape index (κ2) is 4.15. The Bertz CT molecular complexity index is 440. The van der Waals surface area contributed by atoms with E-state index in [1.807, 2.05) is 6.92 Å². The maximum atomic E-state index is 12.1. The zero-order valence-electron chi connectivity index (χ0n) is 9.13. The molecule has 0 radical (unpaired) electrons. The molecule has 0 bridgehead atoms. The van der Waals surface area contributed by atoms with Crippen molar-refractivity contribution in [3.05, 3.63) is 12.5 Å². The Balaban J connectivity index is 2.16. The summed E-state index contributed by atoms with van der Waals surface area (Å²) in [5, 5.41) is 0.151. The lowest BCUT2D eigenvalue weighted by Gasteiger charge is -2.16. The first-order valence-electron chi connectivity index (χ1n) is 5.26. The third-order valence-corrected chi connectivity index (χ3v) is 4.81. The van der Waals surface area contributed by atoms with Crippen molar-refractivity contribution in [1.82, 2.24) is 14.3 Å². The van der Waals surface area contributed by atoms with Crippen molar-refractivity contribution in [2.75, 3.05) is 13.1 Å². The van der Waals surface area contributed by atoms with Crippen molar-refractivity contribution in [2.45, 2.75) is 24.4 Å². The van der Waals surface area contributed by atoms with E-state index in [9.17, 15) is 8.42 Å². The Labute approximate surface area is 94.9 Å². The molecule has 1 aliphatic rings. The minimum absolute atomic E-state index is 0.0296. The molecule has 16 heavy (non-hydrogen) atoms. The highest BCUT2D eigenvalue weighted by Gasteiger charge is 2.34. The largest absolute Gasteiger partial charge is 0.335 e. The molecule has 7 heteroatoms. The van der Waals surface area contributed by atoms with E-state index in [0.717, 1.165) is 6.42 Å². The van der Waals surface area contributed by atoms with E-state index in [0.29, 0.717) is 13.1 Å². The van der Waals surface area contributed by atoms with Crippen molar-refractivity contribution < 1.29 is 8.42 Å². The lowest BCUT2D eigenvalue weighted by Crippen LogP contribution is -2.33. The fourth-order valence-electron chi connectivity index (χ4n) is 1.92. The van der Waals surface area contributed by atoms with E-state index in [-0.39, 0.29) is 17.0 Å². The van der Waals surface area contributed by atoms with Crippen LogP contribution in [0.4, 0.5) is 0 Å². The van der Waals surface area contributed by atoms with E-state index >= 15 is 0 Å². The normalized spacial score (nSPS) is 24.8. The van der Waals surface area contributed by atoms with Crippen molar-refractivity contribution in [2.24, 2.45) is 11.7 Å². The van der Waals surface area contributed by atoms with Gasteiger partial charge in [-0.2, -0.15) is 4.31 Å². The predicted molar refractivity (Wildman–Crippen MR) is 59.1 cm³/mol. The number of hydrogen-bond acceptors (Lipinski definition) is 4. The molecule has 0 spiro atoms. The molecular weight excluding hydrogens is 228 g/mol. The molecule has 1 aromatic rings. The highest BCUT2D eigenvalue weighted by Crippen LogP contribution is 2.24. The van der Waals surface area contributed by atoms with E-state index in [1.165, 1.54) is 16.8 Å². The number of aromatic amines is 1. The van der Waals surface area contributed by atoms with Gasteiger partial charge in [0.05, 0.1) is 12.5 Å². The molecule has 1 aromatic heterocycles. The summed E-state index contributed by atoms with van der Waals surface area (Å²) in [7, 11) is -3.40. The number of imidazole rings is 1. The third kappa shape index (κ3) is 1.98. The molecule has 0 amide bonds. The van der Waals surface area contributed by atoms with Crippen molar-refractivity contribution in [1.29, 1.82) is 0 Å². The highest BCUT2D eigenvalue weighted by molar-refractivity contribution is 7.89. The van der Waals surface area contributed by atoms with Gasteiger partial charge in [-0.05, 0) is 19.3 Å². The first-order chi connectivity index (χ1) is 7.51. The molecule has 2 heterocycles. The molecule has 2 rings (SSSR count). The van der Waals surface area contributed by atoms with E-state index in [1.54, 1.807) is 0 Å². The molecule has 0 aromatic carbocycles. The predicted octanol–water partition coefficient (Wildman–Crippen LogP) is -0.232. The fourth-order valence-corrected chi connectivity index (χ4v) is 3.33. The van der Waals surface area contributed by atoms with Gasteiger partial charge in [-0.3, -0.25) is 0 Å². The van der Waals surface area contributed by atoms with Crippen molar-refractivity contribution >= 4 is 10.0 Å². The Morgan fingerprint density at radius 1 is 1.69 bits per heavy atom. The molecule has 1 aliphatic heterocycles. The van der Waals surface area contributed by atoms with Gasteiger partial charge in [0, 0.05) is 19.1 Å². The second-order valence-corrected chi connectivity index (χ2v) is 6.09. The summed E-state index contributed by atoms with van der Waals surface area (Å²) in [6.45, 7) is 2.95. The lowest BCUT2D eigenvalue weighted by molar-refractivity contribution is 0.428. The average Bonchev–Trinajstić information content (AvgIpc) is 2.90. The van der Waals surface area contributed by atoms with Crippen LogP contribution in [0, 0.1) is 5.92 Å². The summed E-state index contributed by atoms with van der Waals surface area (Å²) in [5.41, 5.74) is 5.78. The maximum absolute atomic E-state index is 12.1. The number of hydrogen-bond donors (Lipinski definition) is 2. The van der Waals surface area contributed by atoms with Gasteiger partial charge >= 0.3 is 0 Å². The molecule has 1 fully saturated rings. The Kier molecular flexibility index (Phi) is 3.00. The van der Waals surface area contributed by atoms with Crippen LogP contribution in [-0.2, 0) is 10.0 Å². The topological polar surface area (TPSA) is 92.1 Å². The van der Waals surface area contributed by atoms with E-state index < -0.39 is 10.0 Å². The van der Waals surface area contributed by atoms with Gasteiger partial charge in [0.2, 0.25) is 0 Å². The van der Waals surface area contributed by atoms with Crippen LogP contribution >= 0.6 is 0 Å². The number of H-pyrrole nitrogens is 1. The van der Waals surface area contributed by atoms with Crippen LogP contribution in [0.15, 0.2) is 17.6 Å². The first kappa shape index (κ1) is 11.6. The van der Waals surface area contributed by atoms with Gasteiger partial charge in [-0.15, -0.1) is 0 Å². The van der Waals surface area contributed by atoms with E-state index in [2.05, 4.69) is 9.97 Å². The lowest BCUT2D eigenvalue weighted by atomic mass is 10.0. The second-order valence-electron chi connectivity index (χ2n) is 4.19. The third-order valence-electron chi connectivity index (χ3n) is 3.02. The van der Waals surface area contributed by atoms with Crippen LogP contribution in [0.25, 0.3) is 0 Å². The maximum Gasteiger partial charge on any atom is 0.260 e. The number of nitrogens with one attached hydrogen (secondary N) is 1. The van der Waals surface area contributed by atoms with Gasteiger partial charge in [-0.25, -0.2) is 13.4 Å². The molecule has 2 atom stereocenters. The molecule has 1 saturated heterocycles. The van der Waals surface area contributed by atoms with Crippen molar-refractivity contribution in [3.8, 4) is 0 Å². The summed E-state index contributed by atoms with van der Waals surface area (Å²) in [4.78, 5) is 6.35. The molecule has 0 saturated carbocycles. The summed E-state index contributed by atoms with van der Waals surface area (Å²) in [5.74, 6) is 0.248. The number of rotatable bonds is 3. The van der Waals surface area contributed by atoms with Crippen LogP contribution in [-0.4, -0.2) is 41.8 Å². The minimum atomic E-state index is -3.40. The smallest absolute Gasteiger partial charge is 0.260 e. The molecule has 2 unspecified atom stereocenters. The zero-order chi connectivity index (χ0) is 11.8. The average molecular weight is 244 g/mol. The van der Waals surface area contributed by atoms with Gasteiger partial charge < -0.3 is 10.7 Å². The first-order valence-corrected chi connectivity index (χ1v) is 6.70. The van der Waals surface area contributed by atoms with Crippen LogP contribution in [0.3, 0.4) is 0 Å². The molecular formula is C9H16N4O2S. The van der Waals surface area contributed by atoms with Crippen LogP contribution in [0.2, 0.25) is 0 Å². The summed E-state index contributed by atoms with van der Waals surface area (Å²) >= 11 is 0. The van der Waals surface area contributed by atoms with Crippen LogP contribution in [0.1, 0.15) is 13.3 Å². The molecule has 90 valence electrons. The summed E-state index contributed by atoms with van der Waals surface area (Å²) in [6.07, 6.45) is 3.52. The standard InChI is InChI=1S/C9H16N4O2S/c1-7(10)8-2-3-13(5-8)16(14,15)9-4-11-6-12-9/h4,6-8H,2-3,5,10H2,1H3,(H,11,12). The highest BCUT2D eigenvalue weighted by atomic mass is 32.2. The van der Waals surface area contributed by atoms with Gasteiger partial charge in [-0.1, -0.05) is 0 Å². The molecule has 6 nitrogen and oxygen atoms in total. The Hall–Kier alpha value is -0.920. The van der Waals surface area contributed by atoms with Gasteiger partial charge in [0.15, 0.2) is 5.03 Å². The Morgan fingerprint density at radius 2 is 2.44 bits per heavy atom. The minimum Gasteiger partial charge on any atom is -0.335 e. The number of nitrogens with two attached hydrogens (primary N) is 1. The fraction of sp³-hybridized carbons (Fsp3) is 0.667. The van der Waals surface area contributed by atoms with Crippen LogP contribution < -0.4 is 5.73 Å². The number of sulfonamides is 1. The number of aromatic nitrogens is 2. The van der Waals surface area contributed by atoms with Gasteiger partial charge in [0.25, 0.3) is 10.0 Å². The van der Waals surface area contributed by atoms with Crippen LogP contribution in [0.5, 0.6) is 0 Å². The van der Waals surface area contributed by atoms with Crippen molar-refractivity contribution in [3.63, 3.8) is 0 Å².